The minimum Gasteiger partial charge on any atom is -0.383 e. The smallest absolute Gasteiger partial charge is 0.217 e. The summed E-state index contributed by atoms with van der Waals surface area (Å²) in [5.41, 5.74) is 1.80. The van der Waals surface area contributed by atoms with Crippen LogP contribution in [0.1, 0.15) is 15.9 Å². The molecule has 156 valence electrons. The lowest BCUT2D eigenvalue weighted by atomic mass is 9.98. The number of hydrogen-bond donors (Lipinski definition) is 1. The van der Waals surface area contributed by atoms with Crippen LogP contribution in [0.3, 0.4) is 0 Å². The second-order valence-electron chi connectivity index (χ2n) is 7.18. The molecule has 1 aliphatic rings. The molecule has 0 amide bonds. The van der Waals surface area contributed by atoms with Crippen LogP contribution in [0, 0.1) is 12.7 Å². The van der Waals surface area contributed by atoms with Gasteiger partial charge in [-0.25, -0.2) is 17.5 Å². The van der Waals surface area contributed by atoms with Gasteiger partial charge in [0.1, 0.15) is 11.1 Å². The standard InChI is InChI=1S/C21H25FN2O4S/c1-15-10-17(16-6-4-3-5-7-16)11-19(21(15)22)20(25)12-23-29(26,27)18-13-24(14-18)8-9-28-2/h3-7,10-11,18,23H,8-9,12-14H2,1-2H3. The average Bonchev–Trinajstić information content (AvgIpc) is 2.67. The van der Waals surface area contributed by atoms with Crippen LogP contribution in [0.25, 0.3) is 11.1 Å². The molecule has 0 atom stereocenters. The second-order valence-corrected chi connectivity index (χ2v) is 9.23. The summed E-state index contributed by atoms with van der Waals surface area (Å²) in [6.07, 6.45) is 0. The summed E-state index contributed by atoms with van der Waals surface area (Å²) in [7, 11) is -2.05. The number of sulfonamides is 1. The molecule has 0 aliphatic carbocycles. The van der Waals surface area contributed by atoms with E-state index in [-0.39, 0.29) is 5.56 Å². The molecule has 6 nitrogen and oxygen atoms in total. The van der Waals surface area contributed by atoms with Crippen LogP contribution in [0.4, 0.5) is 4.39 Å². The van der Waals surface area contributed by atoms with Gasteiger partial charge in [0.2, 0.25) is 10.0 Å². The van der Waals surface area contributed by atoms with Crippen molar-refractivity contribution in [2.75, 3.05) is 39.9 Å². The van der Waals surface area contributed by atoms with Crippen molar-refractivity contribution >= 4 is 15.8 Å². The van der Waals surface area contributed by atoms with Crippen LogP contribution in [-0.2, 0) is 14.8 Å². The highest BCUT2D eigenvalue weighted by Gasteiger charge is 2.37. The van der Waals surface area contributed by atoms with Gasteiger partial charge in [0, 0.05) is 26.7 Å². The summed E-state index contributed by atoms with van der Waals surface area (Å²) in [6, 6.07) is 12.5. The third kappa shape index (κ3) is 5.08. The molecule has 0 spiro atoms. The van der Waals surface area contributed by atoms with Crippen molar-refractivity contribution in [1.82, 2.24) is 9.62 Å². The number of hydrogen-bond acceptors (Lipinski definition) is 5. The number of carbonyl (C=O) groups is 1. The predicted molar refractivity (Wildman–Crippen MR) is 110 cm³/mol. The molecule has 29 heavy (non-hydrogen) atoms. The lowest BCUT2D eigenvalue weighted by Crippen LogP contribution is -2.58. The monoisotopic (exact) mass is 420 g/mol. The van der Waals surface area contributed by atoms with Gasteiger partial charge in [0.25, 0.3) is 0 Å². The third-order valence-electron chi connectivity index (χ3n) is 5.07. The van der Waals surface area contributed by atoms with Crippen molar-refractivity contribution in [3.05, 3.63) is 59.4 Å². The fourth-order valence-electron chi connectivity index (χ4n) is 3.27. The Hall–Kier alpha value is -2.13. The number of nitrogens with one attached hydrogen (secondary N) is 1. The van der Waals surface area contributed by atoms with Crippen molar-refractivity contribution in [2.24, 2.45) is 0 Å². The molecule has 2 aromatic rings. The molecule has 1 heterocycles. The van der Waals surface area contributed by atoms with E-state index in [0.717, 1.165) is 5.56 Å². The summed E-state index contributed by atoms with van der Waals surface area (Å²) < 4.78 is 46.7. The number of likely N-dealkylation sites (tertiary alicyclic amines) is 1. The maximum absolute atomic E-state index is 14.6. The maximum Gasteiger partial charge on any atom is 0.217 e. The van der Waals surface area contributed by atoms with Crippen LogP contribution in [0.2, 0.25) is 0 Å². The zero-order valence-corrected chi connectivity index (χ0v) is 17.3. The highest BCUT2D eigenvalue weighted by Crippen LogP contribution is 2.25. The number of ether oxygens (including phenoxy) is 1. The molecule has 2 aromatic carbocycles. The van der Waals surface area contributed by atoms with Crippen molar-refractivity contribution in [3.8, 4) is 11.1 Å². The fraction of sp³-hybridized carbons (Fsp3) is 0.381. The summed E-state index contributed by atoms with van der Waals surface area (Å²) in [5, 5.41) is -0.575. The fourth-order valence-corrected chi connectivity index (χ4v) is 4.65. The van der Waals surface area contributed by atoms with Crippen molar-refractivity contribution in [2.45, 2.75) is 12.2 Å². The van der Waals surface area contributed by atoms with Crippen molar-refractivity contribution in [3.63, 3.8) is 0 Å². The van der Waals surface area contributed by atoms with E-state index in [4.69, 9.17) is 4.74 Å². The lowest BCUT2D eigenvalue weighted by Gasteiger charge is -2.38. The molecule has 1 aliphatic heterocycles. The Kier molecular flexibility index (Phi) is 6.79. The Labute approximate surface area is 170 Å². The van der Waals surface area contributed by atoms with E-state index in [1.54, 1.807) is 20.1 Å². The Balaban J connectivity index is 1.67. The maximum atomic E-state index is 14.6. The first-order chi connectivity index (χ1) is 13.8. The summed E-state index contributed by atoms with van der Waals surface area (Å²) in [4.78, 5) is 14.5. The Morgan fingerprint density at radius 1 is 1.21 bits per heavy atom. The van der Waals surface area contributed by atoms with Crippen LogP contribution < -0.4 is 4.72 Å². The van der Waals surface area contributed by atoms with Crippen LogP contribution in [-0.4, -0.2) is 64.2 Å². The van der Waals surface area contributed by atoms with Crippen LogP contribution in [0.5, 0.6) is 0 Å². The number of methoxy groups -OCH3 is 1. The minimum atomic E-state index is -3.65. The zero-order chi connectivity index (χ0) is 21.0. The SMILES string of the molecule is COCCN1CC(S(=O)(=O)NCC(=O)c2cc(-c3ccccc3)cc(C)c2F)C1. The number of Topliss-reactive ketones (excluding diaryl/α,β-unsaturated/α-hetero) is 1. The van der Waals surface area contributed by atoms with E-state index < -0.39 is 33.4 Å². The largest absolute Gasteiger partial charge is 0.383 e. The molecule has 0 bridgehead atoms. The highest BCUT2D eigenvalue weighted by atomic mass is 32.2. The number of ketones is 1. The Morgan fingerprint density at radius 2 is 1.90 bits per heavy atom. The van der Waals surface area contributed by atoms with Gasteiger partial charge in [0.15, 0.2) is 5.78 Å². The van der Waals surface area contributed by atoms with Gasteiger partial charge in [-0.3, -0.25) is 9.69 Å². The van der Waals surface area contributed by atoms with E-state index in [1.807, 2.05) is 35.2 Å². The molecular weight excluding hydrogens is 395 g/mol. The minimum absolute atomic E-state index is 0.109. The van der Waals surface area contributed by atoms with Gasteiger partial charge in [-0.15, -0.1) is 0 Å². The molecule has 3 rings (SSSR count). The molecule has 0 saturated carbocycles. The molecule has 0 aromatic heterocycles. The molecule has 8 heteroatoms. The molecule has 0 unspecified atom stereocenters. The van der Waals surface area contributed by atoms with E-state index in [0.29, 0.717) is 37.4 Å². The lowest BCUT2D eigenvalue weighted by molar-refractivity contribution is 0.0991. The number of nitrogens with zero attached hydrogens (tertiary/aromatic N) is 1. The number of halogens is 1. The Morgan fingerprint density at radius 3 is 2.55 bits per heavy atom. The molecule has 0 radical (unpaired) electrons. The second kappa shape index (κ2) is 9.13. The number of rotatable bonds is 9. The average molecular weight is 421 g/mol. The van der Waals surface area contributed by atoms with Crippen LogP contribution >= 0.6 is 0 Å². The van der Waals surface area contributed by atoms with Gasteiger partial charge >= 0.3 is 0 Å². The predicted octanol–water partition coefficient (Wildman–Crippen LogP) is 2.23. The number of carbonyl (C=O) groups excluding carboxylic acids is 1. The number of benzene rings is 2. The van der Waals surface area contributed by atoms with E-state index >= 15 is 0 Å². The molecular formula is C21H25FN2O4S. The highest BCUT2D eigenvalue weighted by molar-refractivity contribution is 7.90. The zero-order valence-electron chi connectivity index (χ0n) is 16.5. The van der Waals surface area contributed by atoms with E-state index in [2.05, 4.69) is 4.72 Å². The molecule has 1 N–H and O–H groups in total. The summed E-state index contributed by atoms with van der Waals surface area (Å²) in [6.45, 7) is 3.11. The Bertz CT molecular complexity index is 974. The first-order valence-electron chi connectivity index (χ1n) is 9.40. The van der Waals surface area contributed by atoms with E-state index in [9.17, 15) is 17.6 Å². The quantitative estimate of drug-likeness (QED) is 0.630. The van der Waals surface area contributed by atoms with Gasteiger partial charge in [0.05, 0.1) is 18.7 Å². The molecule has 1 saturated heterocycles. The van der Waals surface area contributed by atoms with Crippen molar-refractivity contribution in [1.29, 1.82) is 0 Å². The first kappa shape index (κ1) is 21.6. The summed E-state index contributed by atoms with van der Waals surface area (Å²) >= 11 is 0. The number of aryl methyl sites for hydroxylation is 1. The van der Waals surface area contributed by atoms with Gasteiger partial charge in [-0.05, 0) is 35.7 Å². The normalized spacial score (nSPS) is 15.3. The van der Waals surface area contributed by atoms with Crippen LogP contribution in [0.15, 0.2) is 42.5 Å². The van der Waals surface area contributed by atoms with Gasteiger partial charge in [-0.1, -0.05) is 30.3 Å². The van der Waals surface area contributed by atoms with Crippen molar-refractivity contribution < 1.29 is 22.3 Å². The topological polar surface area (TPSA) is 75.7 Å². The van der Waals surface area contributed by atoms with Gasteiger partial charge in [-0.2, -0.15) is 0 Å². The van der Waals surface area contributed by atoms with Gasteiger partial charge < -0.3 is 4.74 Å². The summed E-state index contributed by atoms with van der Waals surface area (Å²) in [5.74, 6) is -1.22. The van der Waals surface area contributed by atoms with E-state index in [1.165, 1.54) is 6.07 Å². The molecule has 1 fully saturated rings. The first-order valence-corrected chi connectivity index (χ1v) is 10.9. The third-order valence-corrected chi connectivity index (χ3v) is 6.79.